The van der Waals surface area contributed by atoms with Crippen LogP contribution in [-0.4, -0.2) is 10.2 Å². The molecule has 0 bridgehead atoms. The first-order chi connectivity index (χ1) is 7.65. The summed E-state index contributed by atoms with van der Waals surface area (Å²) in [6.45, 7) is 6.79. The van der Waals surface area contributed by atoms with Gasteiger partial charge in [-0.25, -0.2) is 0 Å². The zero-order valence-electron chi connectivity index (χ0n) is 8.51. The van der Waals surface area contributed by atoms with Crippen molar-refractivity contribution >= 4 is 33.8 Å². The number of carbonyl (C=O) groups is 2. The minimum absolute atomic E-state index is 0.0948. The molecule has 1 aromatic rings. The van der Waals surface area contributed by atoms with E-state index in [0.717, 1.165) is 33.3 Å². The Balaban J connectivity index is 2.67. The van der Waals surface area contributed by atoms with Gasteiger partial charge in [-0.2, -0.15) is 0 Å². The lowest BCUT2D eigenvalue weighted by molar-refractivity contribution is -0.107. The van der Waals surface area contributed by atoms with Crippen LogP contribution in [0.1, 0.15) is 0 Å². The van der Waals surface area contributed by atoms with E-state index in [1.54, 1.807) is 24.3 Å². The van der Waals surface area contributed by atoms with Gasteiger partial charge in [-0.3, -0.25) is 9.59 Å². The van der Waals surface area contributed by atoms with Crippen LogP contribution in [0.25, 0.3) is 0 Å². The molecule has 0 spiro atoms. The summed E-state index contributed by atoms with van der Waals surface area (Å²) in [4.78, 5) is 23.8. The molecule has 0 aliphatic carbocycles. The van der Waals surface area contributed by atoms with E-state index in [9.17, 15) is 9.59 Å². The summed E-state index contributed by atoms with van der Waals surface area (Å²) >= 11 is 2.21. The second-order valence-corrected chi connectivity index (χ2v) is 4.88. The predicted molar refractivity (Wildman–Crippen MR) is 68.6 cm³/mol. The second-order valence-electron chi connectivity index (χ2n) is 2.72. The SMILES string of the molecule is C=CC(=O)Sc1ccc(SC(=O)C=C)cc1. The lowest BCUT2D eigenvalue weighted by Crippen LogP contribution is -1.85. The first-order valence-electron chi connectivity index (χ1n) is 4.44. The highest BCUT2D eigenvalue weighted by molar-refractivity contribution is 8.14. The molecule has 0 N–H and O–H groups in total. The van der Waals surface area contributed by atoms with E-state index >= 15 is 0 Å². The van der Waals surface area contributed by atoms with E-state index in [2.05, 4.69) is 13.2 Å². The molecule has 0 aliphatic rings. The van der Waals surface area contributed by atoms with Crippen molar-refractivity contribution in [3.05, 3.63) is 49.6 Å². The molecule has 0 saturated heterocycles. The molecule has 1 rings (SSSR count). The lowest BCUT2D eigenvalue weighted by atomic mass is 10.4. The van der Waals surface area contributed by atoms with Crippen LogP contribution in [0.2, 0.25) is 0 Å². The van der Waals surface area contributed by atoms with Crippen LogP contribution in [0, 0.1) is 0 Å². The van der Waals surface area contributed by atoms with Crippen molar-refractivity contribution in [3.63, 3.8) is 0 Å². The Bertz CT molecular complexity index is 380. The van der Waals surface area contributed by atoms with E-state index in [0.29, 0.717) is 0 Å². The molecule has 0 aliphatic heterocycles. The van der Waals surface area contributed by atoms with Crippen LogP contribution in [0.3, 0.4) is 0 Å². The zero-order chi connectivity index (χ0) is 12.0. The monoisotopic (exact) mass is 250 g/mol. The number of benzene rings is 1. The molecule has 0 unspecified atom stereocenters. The number of carbonyl (C=O) groups excluding carboxylic acids is 2. The van der Waals surface area contributed by atoms with Gasteiger partial charge in [-0.05, 0) is 59.9 Å². The lowest BCUT2D eigenvalue weighted by Gasteiger charge is -1.99. The maximum absolute atomic E-state index is 11.1. The van der Waals surface area contributed by atoms with E-state index in [4.69, 9.17) is 0 Å². The second kappa shape index (κ2) is 6.35. The molecule has 0 aromatic heterocycles. The maximum atomic E-state index is 11.1. The molecule has 4 heteroatoms. The minimum atomic E-state index is -0.0948. The molecule has 82 valence electrons. The molecule has 16 heavy (non-hydrogen) atoms. The summed E-state index contributed by atoms with van der Waals surface area (Å²) in [6, 6.07) is 7.19. The van der Waals surface area contributed by atoms with Crippen LogP contribution in [-0.2, 0) is 9.59 Å². The van der Waals surface area contributed by atoms with Crippen LogP contribution >= 0.6 is 23.5 Å². The summed E-state index contributed by atoms with van der Waals surface area (Å²) in [6.07, 6.45) is 2.54. The number of thioether (sulfide) groups is 2. The van der Waals surface area contributed by atoms with Crippen LogP contribution < -0.4 is 0 Å². The summed E-state index contributed by atoms with van der Waals surface area (Å²) in [5.74, 6) is 0. The third kappa shape index (κ3) is 4.08. The first kappa shape index (κ1) is 12.8. The Morgan fingerprint density at radius 3 is 1.44 bits per heavy atom. The molecular weight excluding hydrogens is 240 g/mol. The highest BCUT2D eigenvalue weighted by atomic mass is 32.2. The minimum Gasteiger partial charge on any atom is -0.282 e. The van der Waals surface area contributed by atoms with Gasteiger partial charge in [0.25, 0.3) is 0 Å². The third-order valence-electron chi connectivity index (χ3n) is 1.59. The van der Waals surface area contributed by atoms with Crippen molar-refractivity contribution in [1.29, 1.82) is 0 Å². The van der Waals surface area contributed by atoms with Crippen LogP contribution in [0.4, 0.5) is 0 Å². The maximum Gasteiger partial charge on any atom is 0.216 e. The van der Waals surface area contributed by atoms with Gasteiger partial charge in [0.1, 0.15) is 0 Å². The molecule has 0 heterocycles. The fraction of sp³-hybridized carbons (Fsp3) is 0. The predicted octanol–water partition coefficient (Wildman–Crippen LogP) is 3.30. The molecule has 0 atom stereocenters. The van der Waals surface area contributed by atoms with E-state index in [1.807, 2.05) is 0 Å². The Morgan fingerprint density at radius 1 is 0.875 bits per heavy atom. The number of rotatable bonds is 4. The molecule has 0 saturated carbocycles. The average molecular weight is 250 g/mol. The normalized spacial score (nSPS) is 9.50. The highest BCUT2D eigenvalue weighted by Gasteiger charge is 2.02. The van der Waals surface area contributed by atoms with E-state index in [1.165, 1.54) is 12.2 Å². The molecule has 0 amide bonds. The van der Waals surface area contributed by atoms with Crippen molar-refractivity contribution in [2.24, 2.45) is 0 Å². The Morgan fingerprint density at radius 2 is 1.19 bits per heavy atom. The fourth-order valence-corrected chi connectivity index (χ4v) is 2.07. The van der Waals surface area contributed by atoms with Gasteiger partial charge in [0, 0.05) is 9.79 Å². The fourth-order valence-electron chi connectivity index (χ4n) is 0.891. The smallest absolute Gasteiger partial charge is 0.216 e. The largest absolute Gasteiger partial charge is 0.282 e. The summed E-state index contributed by atoms with van der Waals surface area (Å²) < 4.78 is 0. The summed E-state index contributed by atoms with van der Waals surface area (Å²) in [7, 11) is 0. The summed E-state index contributed by atoms with van der Waals surface area (Å²) in [5, 5.41) is -0.190. The Hall–Kier alpha value is -1.26. The van der Waals surface area contributed by atoms with Crippen molar-refractivity contribution in [1.82, 2.24) is 0 Å². The van der Waals surface area contributed by atoms with Crippen molar-refractivity contribution in [2.75, 3.05) is 0 Å². The standard InChI is InChI=1S/C12H10O2S2/c1-3-11(13)15-9-5-7-10(8-6-9)16-12(14)4-2/h3-8H,1-2H2. The van der Waals surface area contributed by atoms with Gasteiger partial charge in [0.2, 0.25) is 10.2 Å². The Kier molecular flexibility index (Phi) is 5.08. The van der Waals surface area contributed by atoms with Gasteiger partial charge < -0.3 is 0 Å². The first-order valence-corrected chi connectivity index (χ1v) is 6.07. The van der Waals surface area contributed by atoms with E-state index < -0.39 is 0 Å². The van der Waals surface area contributed by atoms with Gasteiger partial charge >= 0.3 is 0 Å². The third-order valence-corrected chi connectivity index (χ3v) is 3.35. The van der Waals surface area contributed by atoms with E-state index in [-0.39, 0.29) is 10.2 Å². The number of hydrogen-bond donors (Lipinski definition) is 0. The van der Waals surface area contributed by atoms with Crippen molar-refractivity contribution in [3.8, 4) is 0 Å². The summed E-state index contributed by atoms with van der Waals surface area (Å²) in [5.41, 5.74) is 0. The zero-order valence-corrected chi connectivity index (χ0v) is 10.1. The van der Waals surface area contributed by atoms with Crippen LogP contribution in [0.15, 0.2) is 59.4 Å². The molecule has 2 nitrogen and oxygen atoms in total. The molecular formula is C12H10O2S2. The Labute approximate surface area is 103 Å². The molecule has 0 radical (unpaired) electrons. The quantitative estimate of drug-likeness (QED) is 0.606. The topological polar surface area (TPSA) is 34.1 Å². The van der Waals surface area contributed by atoms with Crippen molar-refractivity contribution < 1.29 is 9.59 Å². The highest BCUT2D eigenvalue weighted by Crippen LogP contribution is 2.24. The van der Waals surface area contributed by atoms with Crippen LogP contribution in [0.5, 0.6) is 0 Å². The van der Waals surface area contributed by atoms with Gasteiger partial charge in [0.05, 0.1) is 0 Å². The van der Waals surface area contributed by atoms with Gasteiger partial charge in [0.15, 0.2) is 0 Å². The van der Waals surface area contributed by atoms with Crippen molar-refractivity contribution in [2.45, 2.75) is 9.79 Å². The molecule has 1 aromatic carbocycles. The number of hydrogen-bond acceptors (Lipinski definition) is 4. The van der Waals surface area contributed by atoms with Gasteiger partial charge in [-0.1, -0.05) is 13.2 Å². The van der Waals surface area contributed by atoms with Gasteiger partial charge in [-0.15, -0.1) is 0 Å². The average Bonchev–Trinajstić information content (AvgIpc) is 2.31. The molecule has 0 fully saturated rings.